The fourth-order valence-corrected chi connectivity index (χ4v) is 8.78. The van der Waals surface area contributed by atoms with Gasteiger partial charge < -0.3 is 9.52 Å². The van der Waals surface area contributed by atoms with Gasteiger partial charge in [-0.05, 0) is 52.9 Å². The third kappa shape index (κ3) is 6.36. The van der Waals surface area contributed by atoms with Crippen molar-refractivity contribution in [1.82, 2.24) is 14.5 Å². The van der Waals surface area contributed by atoms with Crippen molar-refractivity contribution in [3.63, 3.8) is 0 Å². The number of hydrogen-bond donors (Lipinski definition) is 1. The number of imidazole rings is 1. The predicted octanol–water partition coefficient (Wildman–Crippen LogP) is 14.0. The van der Waals surface area contributed by atoms with E-state index in [-0.39, 0.29) is 32.2 Å². The number of benzene rings is 8. The number of nitrogens with zero attached hydrogens (tertiary/aromatic N) is 3. The number of aromatic hydroxyl groups is 1. The molecule has 6 heteroatoms. The minimum atomic E-state index is -0.388. The molecule has 61 heavy (non-hydrogen) atoms. The van der Waals surface area contributed by atoms with E-state index in [9.17, 15) is 5.11 Å². The summed E-state index contributed by atoms with van der Waals surface area (Å²) in [6.07, 6.45) is 1.87. The summed E-state index contributed by atoms with van der Waals surface area (Å²) in [7, 11) is 0. The molecular formula is C55H38N3O2Pt-. The molecule has 5 nitrogen and oxygen atoms in total. The molecule has 0 saturated carbocycles. The number of hydrogen-bond acceptors (Lipinski definition) is 4. The van der Waals surface area contributed by atoms with Crippen LogP contribution in [0.1, 0.15) is 25.0 Å². The van der Waals surface area contributed by atoms with Crippen LogP contribution >= 0.6 is 0 Å². The molecule has 0 aliphatic carbocycles. The fraction of sp³-hybridized carbons (Fsp3) is 0.0545. The Hall–Kier alpha value is -7.07. The molecule has 3 heterocycles. The second-order valence-electron chi connectivity index (χ2n) is 15.8. The van der Waals surface area contributed by atoms with Gasteiger partial charge in [0.15, 0.2) is 0 Å². The number of para-hydroxylation sites is 3. The molecule has 8 aromatic carbocycles. The summed E-state index contributed by atoms with van der Waals surface area (Å²) in [6.45, 7) is 4.53. The first-order valence-electron chi connectivity index (χ1n) is 20.2. The van der Waals surface area contributed by atoms with E-state index in [1.54, 1.807) is 6.07 Å². The average molecular weight is 968 g/mol. The number of fused-ring (bicyclic) bond motifs is 6. The quantitative estimate of drug-likeness (QED) is 0.162. The molecule has 0 unspecified atom stereocenters. The largest absolute Gasteiger partial charge is 0.507 e. The molecule has 3 aromatic heterocycles. The summed E-state index contributed by atoms with van der Waals surface area (Å²) < 4.78 is 9.01. The number of rotatable bonds is 7. The smallest absolute Gasteiger partial charge is 0.148 e. The van der Waals surface area contributed by atoms with E-state index in [4.69, 9.17) is 14.4 Å². The second-order valence-corrected chi connectivity index (χ2v) is 15.8. The third-order valence-electron chi connectivity index (χ3n) is 12.0. The number of phenols is 1. The van der Waals surface area contributed by atoms with Crippen molar-refractivity contribution in [3.05, 3.63) is 205 Å². The molecule has 0 aliphatic rings. The maximum absolute atomic E-state index is 11.4. The van der Waals surface area contributed by atoms with Gasteiger partial charge in [0, 0.05) is 60.1 Å². The summed E-state index contributed by atoms with van der Waals surface area (Å²) in [5, 5.41) is 15.6. The maximum atomic E-state index is 11.4. The van der Waals surface area contributed by atoms with Crippen LogP contribution in [0.4, 0.5) is 0 Å². The van der Waals surface area contributed by atoms with Crippen LogP contribution in [0.15, 0.2) is 193 Å². The number of pyridine rings is 1. The molecule has 0 amide bonds. The first-order chi connectivity index (χ1) is 29.4. The molecular weight excluding hydrogens is 930 g/mol. The summed E-state index contributed by atoms with van der Waals surface area (Å²) in [5.74, 6) is 0.798. The number of aromatic nitrogens is 3. The Kier molecular flexibility index (Phi) is 9.50. The molecule has 0 spiro atoms. The molecule has 0 bridgehead atoms. The molecule has 1 N–H and O–H groups in total. The molecule has 296 valence electrons. The van der Waals surface area contributed by atoms with Crippen molar-refractivity contribution in [1.29, 1.82) is 0 Å². The first-order valence-corrected chi connectivity index (χ1v) is 20.2. The SMILES string of the molecule is CC(C)(c1ccccc1)c1cc(-c2cccc3c2nc(-c2ccccc2O)n3-c2ccccc2-c2ccccc2)[c-]c(-c2nccc3c2oc2c4ccccc4ccc32)c1.[Pt]. The fourth-order valence-electron chi connectivity index (χ4n) is 8.78. The van der Waals surface area contributed by atoms with Crippen LogP contribution in [0.25, 0.3) is 94.3 Å². The average Bonchev–Trinajstić information content (AvgIpc) is 3.89. The van der Waals surface area contributed by atoms with Crippen LogP contribution in [0.2, 0.25) is 0 Å². The van der Waals surface area contributed by atoms with Crippen LogP contribution in [0.3, 0.4) is 0 Å². The molecule has 0 fully saturated rings. The Balaban J connectivity index is 0.00000445. The van der Waals surface area contributed by atoms with Crippen LogP contribution in [0.5, 0.6) is 5.75 Å². The Bertz CT molecular complexity index is 3420. The predicted molar refractivity (Wildman–Crippen MR) is 244 cm³/mol. The van der Waals surface area contributed by atoms with E-state index in [1.165, 1.54) is 5.56 Å². The molecule has 0 radical (unpaired) electrons. The van der Waals surface area contributed by atoms with Gasteiger partial charge in [0.25, 0.3) is 0 Å². The normalized spacial score (nSPS) is 11.7. The Morgan fingerprint density at radius 2 is 1.25 bits per heavy atom. The zero-order valence-corrected chi connectivity index (χ0v) is 35.7. The minimum Gasteiger partial charge on any atom is -0.507 e. The topological polar surface area (TPSA) is 64.1 Å². The Labute approximate surface area is 367 Å². The van der Waals surface area contributed by atoms with Gasteiger partial charge >= 0.3 is 0 Å². The molecule has 0 atom stereocenters. The zero-order chi connectivity index (χ0) is 40.4. The van der Waals surface area contributed by atoms with Crippen molar-refractivity contribution in [3.8, 4) is 56.3 Å². The zero-order valence-electron chi connectivity index (χ0n) is 33.4. The second kappa shape index (κ2) is 15.2. The molecule has 11 aromatic rings. The Morgan fingerprint density at radius 3 is 2.07 bits per heavy atom. The van der Waals surface area contributed by atoms with Gasteiger partial charge in [0.05, 0.1) is 22.3 Å². The van der Waals surface area contributed by atoms with Gasteiger partial charge in [-0.15, -0.1) is 29.3 Å². The van der Waals surface area contributed by atoms with Gasteiger partial charge in [0.1, 0.15) is 22.7 Å². The summed E-state index contributed by atoms with van der Waals surface area (Å²) in [4.78, 5) is 10.5. The van der Waals surface area contributed by atoms with Gasteiger partial charge in [-0.1, -0.05) is 158 Å². The number of phenolic OH excluding ortho intramolecular Hbond substituents is 1. The molecule has 11 rings (SSSR count). The minimum absolute atomic E-state index is 0. The van der Waals surface area contributed by atoms with Gasteiger partial charge in [-0.25, -0.2) is 4.98 Å². The van der Waals surface area contributed by atoms with Gasteiger partial charge in [0.2, 0.25) is 0 Å². The summed E-state index contributed by atoms with van der Waals surface area (Å²) in [5.41, 5.74) is 12.2. The van der Waals surface area contributed by atoms with Gasteiger partial charge in [-0.3, -0.25) is 9.55 Å². The van der Waals surface area contributed by atoms with Crippen LogP contribution < -0.4 is 0 Å². The van der Waals surface area contributed by atoms with Crippen molar-refractivity contribution < 1.29 is 30.6 Å². The van der Waals surface area contributed by atoms with Crippen molar-refractivity contribution in [2.45, 2.75) is 19.3 Å². The van der Waals surface area contributed by atoms with E-state index in [1.807, 2.05) is 36.5 Å². The van der Waals surface area contributed by atoms with Crippen LogP contribution in [-0.2, 0) is 26.5 Å². The van der Waals surface area contributed by atoms with E-state index in [0.29, 0.717) is 11.4 Å². The first kappa shape index (κ1) is 38.2. The van der Waals surface area contributed by atoms with E-state index < -0.39 is 0 Å². The van der Waals surface area contributed by atoms with Crippen LogP contribution in [0, 0.1) is 6.07 Å². The molecule has 0 aliphatic heterocycles. The van der Waals surface area contributed by atoms with Crippen molar-refractivity contribution in [2.75, 3.05) is 0 Å². The van der Waals surface area contributed by atoms with Crippen molar-refractivity contribution >= 4 is 43.7 Å². The summed E-state index contributed by atoms with van der Waals surface area (Å²) >= 11 is 0. The van der Waals surface area contributed by atoms with E-state index >= 15 is 0 Å². The Morgan fingerprint density at radius 1 is 0.574 bits per heavy atom. The van der Waals surface area contributed by atoms with Gasteiger partial charge in [-0.2, -0.15) is 0 Å². The monoisotopic (exact) mass is 967 g/mol. The van der Waals surface area contributed by atoms with E-state index in [0.717, 1.165) is 88.5 Å². The summed E-state index contributed by atoms with van der Waals surface area (Å²) in [6, 6.07) is 66.1. The number of furan rings is 1. The maximum Gasteiger partial charge on any atom is 0.148 e. The van der Waals surface area contributed by atoms with E-state index in [2.05, 4.69) is 170 Å². The standard InChI is InChI=1S/C55H38N3O2.Pt/c1-55(2,39-19-7-4-8-20-39)40-33-37(32-38(34-40)50-53-45(30-31-56-50)44-29-28-36-18-9-10-22-43(36)52(44)60-53)42-24-15-26-48-51(42)57-54(46-23-12-14-27-49(46)59)58(48)47-25-13-11-21-41(47)35-16-5-3-6-17-35;/h3-31,33-34,59H,1-2H3;/q-1;. The van der Waals surface area contributed by atoms with Crippen LogP contribution in [-0.4, -0.2) is 19.6 Å². The molecule has 0 saturated heterocycles. The third-order valence-corrected chi connectivity index (χ3v) is 12.0. The van der Waals surface area contributed by atoms with Crippen molar-refractivity contribution in [2.24, 2.45) is 0 Å².